The first-order valence-electron chi connectivity index (χ1n) is 6.31. The molecule has 0 atom stereocenters. The molecule has 0 aliphatic carbocycles. The Hall–Kier alpha value is -1.57. The number of hydrogen-bond acceptors (Lipinski definition) is 5. The third kappa shape index (κ3) is 3.11. The van der Waals surface area contributed by atoms with E-state index in [0.29, 0.717) is 27.1 Å². The molecule has 0 saturated carbocycles. The number of phenolic OH excluding ortho intramolecular Hbond substituents is 1. The number of hydrogen-bond donors (Lipinski definition) is 1. The average molecular weight is 396 g/mol. The second-order valence-corrected chi connectivity index (χ2v) is 7.14. The summed E-state index contributed by atoms with van der Waals surface area (Å²) in [6, 6.07) is 8.60. The van der Waals surface area contributed by atoms with E-state index in [4.69, 9.17) is 16.6 Å². The van der Waals surface area contributed by atoms with E-state index in [1.54, 1.807) is 42.7 Å². The SMILES string of the molecule is O=C1C(=Cc2cc(Br)ccc2O)SC(=S)N1Cc1ccco1. The first-order valence-corrected chi connectivity index (χ1v) is 8.32. The fraction of sp³-hybridized carbons (Fsp3) is 0.0667. The van der Waals surface area contributed by atoms with Crippen LogP contribution < -0.4 is 0 Å². The number of nitrogens with zero attached hydrogens (tertiary/aromatic N) is 1. The van der Waals surface area contributed by atoms with Gasteiger partial charge in [0.2, 0.25) is 0 Å². The molecule has 22 heavy (non-hydrogen) atoms. The fourth-order valence-electron chi connectivity index (χ4n) is 1.98. The van der Waals surface area contributed by atoms with Crippen molar-refractivity contribution in [2.45, 2.75) is 6.54 Å². The summed E-state index contributed by atoms with van der Waals surface area (Å²) in [4.78, 5) is 14.4. The van der Waals surface area contributed by atoms with E-state index in [2.05, 4.69) is 15.9 Å². The Morgan fingerprint density at radius 1 is 1.41 bits per heavy atom. The summed E-state index contributed by atoms with van der Waals surface area (Å²) < 4.78 is 6.55. The molecular weight excluding hydrogens is 386 g/mol. The van der Waals surface area contributed by atoms with Crippen molar-refractivity contribution in [2.24, 2.45) is 0 Å². The molecule has 1 aliphatic heterocycles. The van der Waals surface area contributed by atoms with Gasteiger partial charge in [0.05, 0.1) is 17.7 Å². The summed E-state index contributed by atoms with van der Waals surface area (Å²) in [5.41, 5.74) is 0.563. The standard InChI is InChI=1S/C15H10BrNO3S2/c16-10-3-4-12(18)9(6-10)7-13-14(19)17(15(21)22-13)8-11-2-1-5-20-11/h1-7,18H,8H2. The smallest absolute Gasteiger partial charge is 0.266 e. The third-order valence-corrected chi connectivity index (χ3v) is 4.91. The first kappa shape index (κ1) is 15.3. The molecule has 1 aromatic heterocycles. The normalized spacial score (nSPS) is 16.8. The summed E-state index contributed by atoms with van der Waals surface area (Å²) in [6.07, 6.45) is 3.20. The van der Waals surface area contributed by atoms with E-state index in [1.165, 1.54) is 16.7 Å². The summed E-state index contributed by atoms with van der Waals surface area (Å²) in [6.45, 7) is 0.305. The van der Waals surface area contributed by atoms with Crippen LogP contribution in [-0.2, 0) is 11.3 Å². The van der Waals surface area contributed by atoms with Gasteiger partial charge in [-0.15, -0.1) is 0 Å². The van der Waals surface area contributed by atoms with Crippen molar-refractivity contribution in [1.82, 2.24) is 4.90 Å². The lowest BCUT2D eigenvalue weighted by molar-refractivity contribution is -0.122. The predicted octanol–water partition coefficient (Wildman–Crippen LogP) is 4.15. The lowest BCUT2D eigenvalue weighted by atomic mass is 10.2. The third-order valence-electron chi connectivity index (χ3n) is 3.04. The zero-order valence-corrected chi connectivity index (χ0v) is 14.4. The number of benzene rings is 1. The molecule has 1 N–H and O–H groups in total. The van der Waals surface area contributed by atoms with Gasteiger partial charge in [-0.1, -0.05) is 39.9 Å². The Kier molecular flexibility index (Phi) is 4.37. The maximum Gasteiger partial charge on any atom is 0.266 e. The lowest BCUT2D eigenvalue weighted by Gasteiger charge is -2.12. The Morgan fingerprint density at radius 2 is 2.23 bits per heavy atom. The number of phenols is 1. The molecule has 1 fully saturated rings. The second kappa shape index (κ2) is 6.28. The number of thioether (sulfide) groups is 1. The molecule has 2 aromatic rings. The van der Waals surface area contributed by atoms with E-state index >= 15 is 0 Å². The quantitative estimate of drug-likeness (QED) is 0.624. The van der Waals surface area contributed by atoms with Gasteiger partial charge in [0.1, 0.15) is 15.8 Å². The molecule has 0 radical (unpaired) electrons. The van der Waals surface area contributed by atoms with Crippen molar-refractivity contribution in [3.8, 4) is 5.75 Å². The van der Waals surface area contributed by atoms with Crippen LogP contribution >= 0.6 is 39.9 Å². The monoisotopic (exact) mass is 395 g/mol. The highest BCUT2D eigenvalue weighted by Gasteiger charge is 2.32. The minimum Gasteiger partial charge on any atom is -0.507 e. The first-order chi connectivity index (χ1) is 10.5. The van der Waals surface area contributed by atoms with Crippen molar-refractivity contribution >= 4 is 56.2 Å². The van der Waals surface area contributed by atoms with Crippen LogP contribution in [0, 0.1) is 0 Å². The van der Waals surface area contributed by atoms with Gasteiger partial charge in [0, 0.05) is 10.0 Å². The van der Waals surface area contributed by atoms with Gasteiger partial charge < -0.3 is 9.52 Å². The molecule has 3 rings (SSSR count). The molecule has 1 saturated heterocycles. The van der Waals surface area contributed by atoms with E-state index < -0.39 is 0 Å². The predicted molar refractivity (Wildman–Crippen MR) is 93.2 cm³/mol. The van der Waals surface area contributed by atoms with Gasteiger partial charge in [0.25, 0.3) is 5.91 Å². The molecule has 112 valence electrons. The van der Waals surface area contributed by atoms with Crippen LogP contribution in [0.2, 0.25) is 0 Å². The van der Waals surface area contributed by atoms with Crippen molar-refractivity contribution in [2.75, 3.05) is 0 Å². The molecule has 1 amide bonds. The number of carbonyl (C=O) groups is 1. The van der Waals surface area contributed by atoms with E-state index in [-0.39, 0.29) is 11.7 Å². The van der Waals surface area contributed by atoms with Gasteiger partial charge in [-0.25, -0.2) is 0 Å². The highest BCUT2D eigenvalue weighted by Crippen LogP contribution is 2.35. The van der Waals surface area contributed by atoms with Gasteiger partial charge in [-0.2, -0.15) is 0 Å². The Morgan fingerprint density at radius 3 is 2.95 bits per heavy atom. The summed E-state index contributed by atoms with van der Waals surface area (Å²) >= 11 is 9.81. The topological polar surface area (TPSA) is 53.7 Å². The fourth-order valence-corrected chi connectivity index (χ4v) is 3.60. The van der Waals surface area contributed by atoms with Crippen LogP contribution in [-0.4, -0.2) is 20.2 Å². The van der Waals surface area contributed by atoms with Crippen LogP contribution in [0.4, 0.5) is 0 Å². The number of rotatable bonds is 3. The molecule has 2 heterocycles. The summed E-state index contributed by atoms with van der Waals surface area (Å²) in [5.74, 6) is 0.591. The van der Waals surface area contributed by atoms with Gasteiger partial charge in [-0.05, 0) is 36.4 Å². The van der Waals surface area contributed by atoms with E-state index in [0.717, 1.165) is 4.47 Å². The van der Waals surface area contributed by atoms with Crippen LogP contribution in [0.25, 0.3) is 6.08 Å². The zero-order valence-electron chi connectivity index (χ0n) is 11.2. The lowest BCUT2D eigenvalue weighted by Crippen LogP contribution is -2.27. The van der Waals surface area contributed by atoms with Crippen molar-refractivity contribution in [3.63, 3.8) is 0 Å². The maximum absolute atomic E-state index is 12.5. The second-order valence-electron chi connectivity index (χ2n) is 4.55. The van der Waals surface area contributed by atoms with Crippen LogP contribution in [0.3, 0.4) is 0 Å². The largest absolute Gasteiger partial charge is 0.507 e. The highest BCUT2D eigenvalue weighted by atomic mass is 79.9. The molecule has 1 aromatic carbocycles. The molecule has 0 spiro atoms. The molecule has 4 nitrogen and oxygen atoms in total. The Balaban J connectivity index is 1.87. The van der Waals surface area contributed by atoms with Gasteiger partial charge in [-0.3, -0.25) is 9.69 Å². The Bertz CT molecular complexity index is 771. The van der Waals surface area contributed by atoms with Crippen LogP contribution in [0.1, 0.15) is 11.3 Å². The number of furan rings is 1. The number of carbonyl (C=O) groups excluding carboxylic acids is 1. The van der Waals surface area contributed by atoms with Crippen LogP contribution in [0.15, 0.2) is 50.4 Å². The van der Waals surface area contributed by atoms with Gasteiger partial charge in [0.15, 0.2) is 0 Å². The molecule has 7 heteroatoms. The van der Waals surface area contributed by atoms with E-state index in [9.17, 15) is 9.90 Å². The van der Waals surface area contributed by atoms with Crippen molar-refractivity contribution in [1.29, 1.82) is 0 Å². The van der Waals surface area contributed by atoms with Crippen molar-refractivity contribution < 1.29 is 14.3 Å². The van der Waals surface area contributed by atoms with Crippen LogP contribution in [0.5, 0.6) is 5.75 Å². The molecule has 1 aliphatic rings. The minimum atomic E-state index is -0.189. The summed E-state index contributed by atoms with van der Waals surface area (Å²) in [7, 11) is 0. The van der Waals surface area contributed by atoms with Crippen molar-refractivity contribution in [3.05, 3.63) is 57.3 Å². The number of aromatic hydroxyl groups is 1. The van der Waals surface area contributed by atoms with E-state index in [1.807, 2.05) is 0 Å². The minimum absolute atomic E-state index is 0.111. The maximum atomic E-state index is 12.5. The summed E-state index contributed by atoms with van der Waals surface area (Å²) in [5, 5.41) is 9.87. The molecular formula is C15H10BrNO3S2. The zero-order chi connectivity index (χ0) is 15.7. The Labute approximate surface area is 144 Å². The number of thiocarbonyl (C=S) groups is 1. The molecule has 0 unspecified atom stereocenters. The average Bonchev–Trinajstić information content (AvgIpc) is 3.08. The highest BCUT2D eigenvalue weighted by molar-refractivity contribution is 9.10. The number of amides is 1. The number of halogens is 1. The molecule has 0 bridgehead atoms. The van der Waals surface area contributed by atoms with Gasteiger partial charge >= 0.3 is 0 Å².